The summed E-state index contributed by atoms with van der Waals surface area (Å²) in [5.74, 6) is 0. The van der Waals surface area contributed by atoms with Gasteiger partial charge in [0, 0.05) is 35.3 Å². The molecule has 4 heteroatoms. The van der Waals surface area contributed by atoms with Gasteiger partial charge in [0.05, 0.1) is 6.61 Å². The summed E-state index contributed by atoms with van der Waals surface area (Å²) in [5, 5.41) is 4.68. The molecule has 15 heavy (non-hydrogen) atoms. The first-order valence-corrected chi connectivity index (χ1v) is 5.56. The average molecular weight is 248 g/mol. The van der Waals surface area contributed by atoms with Gasteiger partial charge in [-0.05, 0) is 19.1 Å². The standard InChI is InChI=1S/C11H15Cl2NO/c1-8(7-15-2)14-6-9-10(12)4-3-5-11(9)13/h3-5,8,14H,6-7H2,1-2H3. The zero-order valence-corrected chi connectivity index (χ0v) is 10.4. The van der Waals surface area contributed by atoms with Gasteiger partial charge in [0.25, 0.3) is 0 Å². The Morgan fingerprint density at radius 3 is 2.47 bits per heavy atom. The minimum absolute atomic E-state index is 0.280. The zero-order chi connectivity index (χ0) is 11.3. The summed E-state index contributed by atoms with van der Waals surface area (Å²) >= 11 is 12.1. The van der Waals surface area contributed by atoms with Crippen molar-refractivity contribution in [2.24, 2.45) is 0 Å². The molecule has 0 fully saturated rings. The molecule has 0 aromatic heterocycles. The molecular weight excluding hydrogens is 233 g/mol. The van der Waals surface area contributed by atoms with Crippen LogP contribution in [0.15, 0.2) is 18.2 Å². The van der Waals surface area contributed by atoms with Crippen molar-refractivity contribution in [2.75, 3.05) is 13.7 Å². The van der Waals surface area contributed by atoms with Gasteiger partial charge in [-0.25, -0.2) is 0 Å². The fraction of sp³-hybridized carbons (Fsp3) is 0.455. The lowest BCUT2D eigenvalue weighted by Crippen LogP contribution is -2.29. The molecule has 1 unspecified atom stereocenters. The number of methoxy groups -OCH3 is 1. The highest BCUT2D eigenvalue weighted by molar-refractivity contribution is 6.35. The van der Waals surface area contributed by atoms with Crippen LogP contribution < -0.4 is 5.32 Å². The van der Waals surface area contributed by atoms with E-state index in [4.69, 9.17) is 27.9 Å². The molecule has 0 radical (unpaired) electrons. The lowest BCUT2D eigenvalue weighted by Gasteiger charge is -2.14. The van der Waals surface area contributed by atoms with E-state index in [9.17, 15) is 0 Å². The maximum Gasteiger partial charge on any atom is 0.0613 e. The Balaban J connectivity index is 2.57. The summed E-state index contributed by atoms with van der Waals surface area (Å²) in [6, 6.07) is 5.80. The number of hydrogen-bond acceptors (Lipinski definition) is 2. The van der Waals surface area contributed by atoms with Gasteiger partial charge in [0.2, 0.25) is 0 Å². The van der Waals surface area contributed by atoms with Gasteiger partial charge in [-0.2, -0.15) is 0 Å². The lowest BCUT2D eigenvalue weighted by molar-refractivity contribution is 0.171. The van der Waals surface area contributed by atoms with Crippen LogP contribution in [0.1, 0.15) is 12.5 Å². The summed E-state index contributed by atoms with van der Waals surface area (Å²) in [4.78, 5) is 0. The molecule has 0 aliphatic heterocycles. The number of benzene rings is 1. The fourth-order valence-electron chi connectivity index (χ4n) is 1.29. The van der Waals surface area contributed by atoms with Crippen LogP contribution in [0.25, 0.3) is 0 Å². The van der Waals surface area contributed by atoms with Gasteiger partial charge < -0.3 is 10.1 Å². The molecule has 0 heterocycles. The van der Waals surface area contributed by atoms with E-state index in [-0.39, 0.29) is 6.04 Å². The third kappa shape index (κ3) is 3.99. The minimum Gasteiger partial charge on any atom is -0.383 e. The summed E-state index contributed by atoms with van der Waals surface area (Å²) in [7, 11) is 1.68. The molecule has 0 saturated heterocycles. The van der Waals surface area contributed by atoms with Crippen LogP contribution in [0.3, 0.4) is 0 Å². The van der Waals surface area contributed by atoms with Crippen molar-refractivity contribution in [3.8, 4) is 0 Å². The first kappa shape index (κ1) is 12.8. The molecule has 0 saturated carbocycles. The molecule has 1 atom stereocenters. The summed E-state index contributed by atoms with van der Waals surface area (Å²) < 4.78 is 5.02. The van der Waals surface area contributed by atoms with E-state index in [2.05, 4.69) is 5.32 Å². The van der Waals surface area contributed by atoms with Gasteiger partial charge in [-0.3, -0.25) is 0 Å². The monoisotopic (exact) mass is 247 g/mol. The minimum atomic E-state index is 0.280. The van der Waals surface area contributed by atoms with E-state index in [0.29, 0.717) is 23.2 Å². The number of rotatable bonds is 5. The van der Waals surface area contributed by atoms with Crippen LogP contribution in [-0.4, -0.2) is 19.8 Å². The molecule has 0 bridgehead atoms. The molecule has 1 aromatic carbocycles. The smallest absolute Gasteiger partial charge is 0.0613 e. The van der Waals surface area contributed by atoms with Crippen molar-refractivity contribution in [1.29, 1.82) is 0 Å². The molecule has 0 spiro atoms. The van der Waals surface area contributed by atoms with E-state index in [0.717, 1.165) is 5.56 Å². The Morgan fingerprint density at radius 1 is 1.33 bits per heavy atom. The predicted molar refractivity (Wildman–Crippen MR) is 64.6 cm³/mol. The molecular formula is C11H15Cl2NO. The molecule has 1 rings (SSSR count). The van der Waals surface area contributed by atoms with Gasteiger partial charge in [0.15, 0.2) is 0 Å². The highest BCUT2D eigenvalue weighted by Gasteiger charge is 2.06. The van der Waals surface area contributed by atoms with Crippen molar-refractivity contribution < 1.29 is 4.74 Å². The van der Waals surface area contributed by atoms with Crippen molar-refractivity contribution >= 4 is 23.2 Å². The maximum atomic E-state index is 6.03. The second-order valence-electron chi connectivity index (χ2n) is 3.44. The van der Waals surface area contributed by atoms with Crippen LogP contribution >= 0.6 is 23.2 Å². The number of hydrogen-bond donors (Lipinski definition) is 1. The second kappa shape index (κ2) is 6.33. The van der Waals surface area contributed by atoms with Crippen molar-refractivity contribution in [1.82, 2.24) is 5.32 Å². The first-order chi connectivity index (χ1) is 7.15. The van der Waals surface area contributed by atoms with E-state index in [1.807, 2.05) is 25.1 Å². The largest absolute Gasteiger partial charge is 0.383 e. The Morgan fingerprint density at radius 2 is 1.93 bits per heavy atom. The summed E-state index contributed by atoms with van der Waals surface area (Å²) in [5.41, 5.74) is 0.934. The third-order valence-corrected chi connectivity index (χ3v) is 2.81. The quantitative estimate of drug-likeness (QED) is 0.864. The Bertz CT molecular complexity index is 297. The zero-order valence-electron chi connectivity index (χ0n) is 8.89. The SMILES string of the molecule is COCC(C)NCc1c(Cl)cccc1Cl. The number of nitrogens with one attached hydrogen (secondary N) is 1. The predicted octanol–water partition coefficient (Wildman–Crippen LogP) is 3.12. The number of halogens is 2. The second-order valence-corrected chi connectivity index (χ2v) is 4.25. The van der Waals surface area contributed by atoms with Crippen LogP contribution in [0.4, 0.5) is 0 Å². The number of ether oxygens (including phenoxy) is 1. The lowest BCUT2D eigenvalue weighted by atomic mass is 10.2. The molecule has 84 valence electrons. The Kier molecular flexibility index (Phi) is 5.40. The van der Waals surface area contributed by atoms with E-state index in [1.165, 1.54) is 0 Å². The van der Waals surface area contributed by atoms with Gasteiger partial charge in [0.1, 0.15) is 0 Å². The molecule has 1 N–H and O–H groups in total. The van der Waals surface area contributed by atoms with Gasteiger partial charge in [-0.1, -0.05) is 29.3 Å². The normalized spacial score (nSPS) is 12.8. The van der Waals surface area contributed by atoms with Crippen molar-refractivity contribution in [3.05, 3.63) is 33.8 Å². The molecule has 0 aliphatic rings. The average Bonchev–Trinajstić information content (AvgIpc) is 2.17. The van der Waals surface area contributed by atoms with E-state index < -0.39 is 0 Å². The first-order valence-electron chi connectivity index (χ1n) is 4.80. The molecule has 0 aliphatic carbocycles. The fourth-order valence-corrected chi connectivity index (χ4v) is 1.82. The highest BCUT2D eigenvalue weighted by Crippen LogP contribution is 2.23. The molecule has 0 amide bonds. The van der Waals surface area contributed by atoms with Crippen LogP contribution in [-0.2, 0) is 11.3 Å². The van der Waals surface area contributed by atoms with Crippen LogP contribution in [0.5, 0.6) is 0 Å². The van der Waals surface area contributed by atoms with E-state index in [1.54, 1.807) is 7.11 Å². The third-order valence-electron chi connectivity index (χ3n) is 2.11. The van der Waals surface area contributed by atoms with Gasteiger partial charge in [-0.15, -0.1) is 0 Å². The Labute approximate surface area is 101 Å². The summed E-state index contributed by atoms with van der Waals surface area (Å²) in [6.07, 6.45) is 0. The van der Waals surface area contributed by atoms with Crippen molar-refractivity contribution in [2.45, 2.75) is 19.5 Å². The van der Waals surface area contributed by atoms with Gasteiger partial charge >= 0.3 is 0 Å². The van der Waals surface area contributed by atoms with Crippen LogP contribution in [0, 0.1) is 0 Å². The summed E-state index contributed by atoms with van der Waals surface area (Å²) in [6.45, 7) is 3.37. The van der Waals surface area contributed by atoms with E-state index >= 15 is 0 Å². The topological polar surface area (TPSA) is 21.3 Å². The molecule has 2 nitrogen and oxygen atoms in total. The van der Waals surface area contributed by atoms with Crippen molar-refractivity contribution in [3.63, 3.8) is 0 Å². The highest BCUT2D eigenvalue weighted by atomic mass is 35.5. The van der Waals surface area contributed by atoms with Crippen LogP contribution in [0.2, 0.25) is 10.0 Å². The maximum absolute atomic E-state index is 6.03. The Hall–Kier alpha value is -0.280. The molecule has 1 aromatic rings.